The lowest BCUT2D eigenvalue weighted by molar-refractivity contribution is 0.0941. The average molecular weight is 421 g/mol. The molecule has 2 aromatic heterocycles. The summed E-state index contributed by atoms with van der Waals surface area (Å²) < 4.78 is 5.31. The van der Waals surface area contributed by atoms with Crippen LogP contribution >= 0.6 is 24.8 Å². The molecule has 0 saturated carbocycles. The molecule has 0 fully saturated rings. The van der Waals surface area contributed by atoms with E-state index >= 15 is 0 Å². The maximum atomic E-state index is 12.5. The Morgan fingerprint density at radius 1 is 1.25 bits per heavy atom. The Balaban J connectivity index is 0.00000140. The molecule has 0 aliphatic carbocycles. The first kappa shape index (κ1) is 21.9. The summed E-state index contributed by atoms with van der Waals surface area (Å²) in [5.41, 5.74) is 5.73. The summed E-state index contributed by atoms with van der Waals surface area (Å²) in [7, 11) is 0. The number of carbonyl (C=O) groups is 1. The fourth-order valence-corrected chi connectivity index (χ4v) is 3.26. The van der Waals surface area contributed by atoms with Crippen molar-refractivity contribution in [2.24, 2.45) is 0 Å². The van der Waals surface area contributed by atoms with Gasteiger partial charge >= 0.3 is 0 Å². The van der Waals surface area contributed by atoms with E-state index in [1.54, 1.807) is 6.07 Å². The normalized spacial score (nSPS) is 12.3. The van der Waals surface area contributed by atoms with Crippen molar-refractivity contribution >= 4 is 30.7 Å². The first-order chi connectivity index (χ1) is 12.7. The van der Waals surface area contributed by atoms with Crippen molar-refractivity contribution < 1.29 is 9.32 Å². The number of carbonyl (C=O) groups excluding carboxylic acids is 1. The molecule has 0 saturated heterocycles. The third-order valence-electron chi connectivity index (χ3n) is 4.70. The highest BCUT2D eigenvalue weighted by molar-refractivity contribution is 5.93. The Morgan fingerprint density at radius 2 is 2.04 bits per heavy atom. The zero-order chi connectivity index (χ0) is 17.9. The van der Waals surface area contributed by atoms with Gasteiger partial charge in [-0.25, -0.2) is 0 Å². The van der Waals surface area contributed by atoms with Gasteiger partial charge in [-0.05, 0) is 36.6 Å². The van der Waals surface area contributed by atoms with Crippen LogP contribution in [0.1, 0.15) is 32.9 Å². The summed E-state index contributed by atoms with van der Waals surface area (Å²) in [4.78, 5) is 16.9. The van der Waals surface area contributed by atoms with Crippen molar-refractivity contribution in [3.05, 3.63) is 70.7 Å². The van der Waals surface area contributed by atoms with Gasteiger partial charge in [0.1, 0.15) is 0 Å². The summed E-state index contributed by atoms with van der Waals surface area (Å²) in [5, 5.41) is 10.2. The molecular weight excluding hydrogens is 399 g/mol. The third-order valence-corrected chi connectivity index (χ3v) is 4.70. The van der Waals surface area contributed by atoms with E-state index in [0.717, 1.165) is 36.3 Å². The second-order valence-electron chi connectivity index (χ2n) is 6.38. The monoisotopic (exact) mass is 420 g/mol. The zero-order valence-electron chi connectivity index (χ0n) is 15.4. The predicted molar refractivity (Wildman–Crippen MR) is 112 cm³/mol. The van der Waals surface area contributed by atoms with Gasteiger partial charge in [0, 0.05) is 36.6 Å². The second-order valence-corrected chi connectivity index (χ2v) is 6.38. The molecule has 1 amide bonds. The lowest BCUT2D eigenvalue weighted by atomic mass is 9.96. The molecular formula is C20H22Cl2N4O2. The first-order valence-corrected chi connectivity index (χ1v) is 8.69. The number of halogens is 2. The standard InChI is InChI=1S/C20H20N4O2.2ClH/c1-13-17(16-7-8-21-10-15(16)11-22-13)12-23-20(25)18-9-19(26-24-18)14-5-3-2-4-6-14;;/h2-6,9,11,21H,7-8,10,12H2,1H3,(H,23,25);2*1H. The Morgan fingerprint density at radius 3 is 2.82 bits per heavy atom. The van der Waals surface area contributed by atoms with Gasteiger partial charge in [-0.3, -0.25) is 9.78 Å². The molecule has 8 heteroatoms. The van der Waals surface area contributed by atoms with Gasteiger partial charge in [-0.15, -0.1) is 24.8 Å². The molecule has 6 nitrogen and oxygen atoms in total. The molecule has 28 heavy (non-hydrogen) atoms. The van der Waals surface area contributed by atoms with Gasteiger partial charge in [0.25, 0.3) is 5.91 Å². The van der Waals surface area contributed by atoms with Gasteiger partial charge in [-0.2, -0.15) is 0 Å². The molecule has 0 radical (unpaired) electrons. The lowest BCUT2D eigenvalue weighted by Gasteiger charge is -2.21. The molecule has 0 atom stereocenters. The summed E-state index contributed by atoms with van der Waals surface area (Å²) >= 11 is 0. The fourth-order valence-electron chi connectivity index (χ4n) is 3.26. The number of fused-ring (bicyclic) bond motifs is 1. The molecule has 0 spiro atoms. The van der Waals surface area contributed by atoms with E-state index in [4.69, 9.17) is 4.52 Å². The predicted octanol–water partition coefficient (Wildman–Crippen LogP) is 3.46. The average Bonchev–Trinajstić information content (AvgIpc) is 3.18. The van der Waals surface area contributed by atoms with Crippen LogP contribution in [0.3, 0.4) is 0 Å². The van der Waals surface area contributed by atoms with E-state index in [9.17, 15) is 4.79 Å². The SMILES string of the molecule is Cc1ncc2c(c1CNC(=O)c1cc(-c3ccccc3)on1)CCNC2.Cl.Cl. The highest BCUT2D eigenvalue weighted by Crippen LogP contribution is 2.21. The quantitative estimate of drug-likeness (QED) is 0.675. The minimum atomic E-state index is -0.248. The van der Waals surface area contributed by atoms with Gasteiger partial charge in [0.15, 0.2) is 11.5 Å². The van der Waals surface area contributed by atoms with E-state index in [0.29, 0.717) is 12.3 Å². The number of nitrogens with zero attached hydrogens (tertiary/aromatic N) is 2. The molecule has 2 N–H and O–H groups in total. The number of amides is 1. The molecule has 3 aromatic rings. The number of rotatable bonds is 4. The number of hydrogen-bond acceptors (Lipinski definition) is 5. The van der Waals surface area contributed by atoms with E-state index in [1.165, 1.54) is 11.1 Å². The highest BCUT2D eigenvalue weighted by Gasteiger charge is 2.18. The van der Waals surface area contributed by atoms with E-state index in [1.807, 2.05) is 43.5 Å². The summed E-state index contributed by atoms with van der Waals surface area (Å²) in [6.07, 6.45) is 2.87. The first-order valence-electron chi connectivity index (χ1n) is 8.69. The summed E-state index contributed by atoms with van der Waals surface area (Å²) in [6.45, 7) is 4.19. The van der Waals surface area contributed by atoms with Gasteiger partial charge in [0.05, 0.1) is 0 Å². The minimum Gasteiger partial charge on any atom is -0.355 e. The van der Waals surface area contributed by atoms with Crippen molar-refractivity contribution in [2.75, 3.05) is 6.54 Å². The largest absolute Gasteiger partial charge is 0.355 e. The minimum absolute atomic E-state index is 0. The van der Waals surface area contributed by atoms with Crippen LogP contribution in [0.5, 0.6) is 0 Å². The van der Waals surface area contributed by atoms with Crippen LogP contribution < -0.4 is 10.6 Å². The third kappa shape index (κ3) is 4.52. The topological polar surface area (TPSA) is 80.1 Å². The number of benzene rings is 1. The highest BCUT2D eigenvalue weighted by atomic mass is 35.5. The van der Waals surface area contributed by atoms with Crippen LogP contribution in [0.2, 0.25) is 0 Å². The van der Waals surface area contributed by atoms with Crippen molar-refractivity contribution in [3.8, 4) is 11.3 Å². The Hall–Kier alpha value is -2.41. The van der Waals surface area contributed by atoms with Crippen LogP contribution in [-0.2, 0) is 19.5 Å². The molecule has 148 valence electrons. The molecule has 3 heterocycles. The maximum absolute atomic E-state index is 12.5. The van der Waals surface area contributed by atoms with E-state index in [-0.39, 0.29) is 36.4 Å². The van der Waals surface area contributed by atoms with Crippen LogP contribution in [0.15, 0.2) is 47.1 Å². The van der Waals surface area contributed by atoms with Crippen LogP contribution in [0.4, 0.5) is 0 Å². The Bertz CT molecular complexity index is 945. The fraction of sp³-hybridized carbons (Fsp3) is 0.250. The van der Waals surface area contributed by atoms with E-state index in [2.05, 4.69) is 20.8 Å². The van der Waals surface area contributed by atoms with Gasteiger partial charge in [0.2, 0.25) is 0 Å². The van der Waals surface area contributed by atoms with Crippen molar-refractivity contribution in [1.29, 1.82) is 0 Å². The maximum Gasteiger partial charge on any atom is 0.273 e. The van der Waals surface area contributed by atoms with Gasteiger partial charge in [-0.1, -0.05) is 35.5 Å². The number of aryl methyl sites for hydroxylation is 1. The summed E-state index contributed by atoms with van der Waals surface area (Å²) in [6, 6.07) is 11.3. The second kappa shape index (κ2) is 9.68. The Labute approximate surface area is 175 Å². The lowest BCUT2D eigenvalue weighted by Crippen LogP contribution is -2.29. The smallest absolute Gasteiger partial charge is 0.273 e. The molecule has 4 rings (SSSR count). The van der Waals surface area contributed by atoms with Crippen molar-refractivity contribution in [1.82, 2.24) is 20.8 Å². The zero-order valence-corrected chi connectivity index (χ0v) is 17.0. The molecule has 1 aliphatic rings. The summed E-state index contributed by atoms with van der Waals surface area (Å²) in [5.74, 6) is 0.332. The van der Waals surface area contributed by atoms with Crippen molar-refractivity contribution in [3.63, 3.8) is 0 Å². The van der Waals surface area contributed by atoms with E-state index < -0.39 is 0 Å². The number of pyridine rings is 1. The van der Waals surface area contributed by atoms with Gasteiger partial charge < -0.3 is 15.2 Å². The van der Waals surface area contributed by atoms with Crippen molar-refractivity contribution in [2.45, 2.75) is 26.4 Å². The van der Waals surface area contributed by atoms with Crippen LogP contribution in [0.25, 0.3) is 11.3 Å². The number of aromatic nitrogens is 2. The number of nitrogens with one attached hydrogen (secondary N) is 2. The molecule has 0 unspecified atom stereocenters. The van der Waals surface area contributed by atoms with Crippen LogP contribution in [0, 0.1) is 6.92 Å². The molecule has 1 aliphatic heterocycles. The Kier molecular flexibility index (Phi) is 7.57. The number of hydrogen-bond donors (Lipinski definition) is 2. The van der Waals surface area contributed by atoms with Crippen LogP contribution in [-0.4, -0.2) is 22.6 Å². The molecule has 1 aromatic carbocycles. The molecule has 0 bridgehead atoms.